The summed E-state index contributed by atoms with van der Waals surface area (Å²) >= 11 is 0. The van der Waals surface area contributed by atoms with Crippen LogP contribution in [0, 0.1) is 6.92 Å². The van der Waals surface area contributed by atoms with E-state index in [0.717, 1.165) is 34.6 Å². The van der Waals surface area contributed by atoms with Gasteiger partial charge in [-0.1, -0.05) is 24.3 Å². The molecule has 0 aliphatic heterocycles. The normalized spacial score (nSPS) is 10.9. The van der Waals surface area contributed by atoms with Gasteiger partial charge in [0.2, 0.25) is 0 Å². The lowest BCUT2D eigenvalue weighted by molar-refractivity contribution is 0.0989. The standard InChI is InChI=1S/C23H23N7O/c1-15-27-10-11-30(15)20-7-9-26-13-18(20)12-21(31)22-23(25)28-14-19(29-22)17-4-2-16(3-5-17)6-8-24/h2-5,7,9-11,13-14H,6,8,12,24H2,1H3,(H2,25,28). The fourth-order valence-corrected chi connectivity index (χ4v) is 3.43. The van der Waals surface area contributed by atoms with Crippen molar-refractivity contribution in [2.75, 3.05) is 12.3 Å². The van der Waals surface area contributed by atoms with Crippen molar-refractivity contribution < 1.29 is 4.79 Å². The number of nitrogens with two attached hydrogens (primary N) is 2. The number of imidazole rings is 1. The van der Waals surface area contributed by atoms with Crippen molar-refractivity contribution in [3.63, 3.8) is 0 Å². The number of Topliss-reactive ketones (excluding diaryl/α,β-unsaturated/α-hetero) is 1. The number of pyridine rings is 1. The first-order chi connectivity index (χ1) is 15.1. The number of hydrogen-bond acceptors (Lipinski definition) is 7. The molecule has 0 atom stereocenters. The van der Waals surface area contributed by atoms with Gasteiger partial charge in [0.1, 0.15) is 11.5 Å². The zero-order valence-corrected chi connectivity index (χ0v) is 17.2. The number of hydrogen-bond donors (Lipinski definition) is 2. The molecule has 0 aliphatic carbocycles. The van der Waals surface area contributed by atoms with Crippen molar-refractivity contribution in [2.45, 2.75) is 19.8 Å². The van der Waals surface area contributed by atoms with Gasteiger partial charge in [-0.05, 0) is 31.5 Å². The molecule has 0 fully saturated rings. The maximum atomic E-state index is 13.1. The van der Waals surface area contributed by atoms with Gasteiger partial charge in [-0.15, -0.1) is 0 Å². The maximum absolute atomic E-state index is 13.1. The molecule has 4 N–H and O–H groups in total. The van der Waals surface area contributed by atoms with Gasteiger partial charge in [0, 0.05) is 42.3 Å². The predicted molar refractivity (Wildman–Crippen MR) is 119 cm³/mol. The van der Waals surface area contributed by atoms with Crippen molar-refractivity contribution in [1.29, 1.82) is 0 Å². The summed E-state index contributed by atoms with van der Waals surface area (Å²) in [5.41, 5.74) is 16.0. The molecule has 0 saturated carbocycles. The maximum Gasteiger partial charge on any atom is 0.189 e. The lowest BCUT2D eigenvalue weighted by Gasteiger charge is -2.11. The van der Waals surface area contributed by atoms with E-state index in [1.807, 2.05) is 48.0 Å². The van der Waals surface area contributed by atoms with Crippen LogP contribution in [-0.4, -0.2) is 36.8 Å². The van der Waals surface area contributed by atoms with Gasteiger partial charge in [0.05, 0.1) is 17.6 Å². The highest BCUT2D eigenvalue weighted by Gasteiger charge is 2.18. The first kappa shape index (κ1) is 20.4. The molecule has 0 radical (unpaired) electrons. The highest BCUT2D eigenvalue weighted by molar-refractivity contribution is 6.00. The van der Waals surface area contributed by atoms with Gasteiger partial charge < -0.3 is 16.0 Å². The molecule has 3 aromatic heterocycles. The number of aryl methyl sites for hydroxylation is 1. The number of carbonyl (C=O) groups excluding carboxylic acids is 1. The molecule has 0 bridgehead atoms. The van der Waals surface area contributed by atoms with Gasteiger partial charge in [0.15, 0.2) is 11.6 Å². The third-order valence-electron chi connectivity index (χ3n) is 5.06. The van der Waals surface area contributed by atoms with E-state index in [0.29, 0.717) is 12.2 Å². The Bertz CT molecular complexity index is 1210. The van der Waals surface area contributed by atoms with Crippen molar-refractivity contribution in [2.24, 2.45) is 5.73 Å². The van der Waals surface area contributed by atoms with Crippen LogP contribution in [0.1, 0.15) is 27.4 Å². The van der Waals surface area contributed by atoms with Crippen LogP contribution < -0.4 is 11.5 Å². The Morgan fingerprint density at radius 1 is 1.06 bits per heavy atom. The van der Waals surface area contributed by atoms with Crippen LogP contribution in [-0.2, 0) is 12.8 Å². The highest BCUT2D eigenvalue weighted by Crippen LogP contribution is 2.22. The molecule has 156 valence electrons. The third kappa shape index (κ3) is 4.34. The van der Waals surface area contributed by atoms with Crippen molar-refractivity contribution in [3.8, 4) is 16.9 Å². The second kappa shape index (κ2) is 8.85. The van der Waals surface area contributed by atoms with Crippen molar-refractivity contribution >= 4 is 11.6 Å². The first-order valence-electron chi connectivity index (χ1n) is 9.95. The molecule has 31 heavy (non-hydrogen) atoms. The number of anilines is 1. The van der Waals surface area contributed by atoms with Crippen LogP contribution in [0.2, 0.25) is 0 Å². The van der Waals surface area contributed by atoms with Crippen molar-refractivity contribution in [1.82, 2.24) is 24.5 Å². The van der Waals surface area contributed by atoms with Gasteiger partial charge in [-0.3, -0.25) is 9.78 Å². The van der Waals surface area contributed by atoms with Gasteiger partial charge in [0.25, 0.3) is 0 Å². The van der Waals surface area contributed by atoms with E-state index in [-0.39, 0.29) is 23.7 Å². The number of aromatic nitrogens is 5. The number of nitrogens with zero attached hydrogens (tertiary/aromatic N) is 5. The van der Waals surface area contributed by atoms with Crippen molar-refractivity contribution in [3.05, 3.63) is 84.0 Å². The van der Waals surface area contributed by atoms with E-state index in [1.165, 1.54) is 0 Å². The number of carbonyl (C=O) groups is 1. The van der Waals surface area contributed by atoms with Crippen LogP contribution in [0.3, 0.4) is 0 Å². The minimum Gasteiger partial charge on any atom is -0.382 e. The summed E-state index contributed by atoms with van der Waals surface area (Å²) in [6, 6.07) is 9.74. The van der Waals surface area contributed by atoms with Gasteiger partial charge in [-0.25, -0.2) is 15.0 Å². The number of nitrogen functional groups attached to an aromatic ring is 1. The van der Waals surface area contributed by atoms with Gasteiger partial charge >= 0.3 is 0 Å². The lowest BCUT2D eigenvalue weighted by atomic mass is 10.1. The summed E-state index contributed by atoms with van der Waals surface area (Å²) in [7, 11) is 0. The van der Waals surface area contributed by atoms with Crippen LogP contribution >= 0.6 is 0 Å². The van der Waals surface area contributed by atoms with E-state index in [2.05, 4.69) is 19.9 Å². The zero-order chi connectivity index (χ0) is 21.8. The molecule has 0 saturated heterocycles. The molecule has 3 heterocycles. The quantitative estimate of drug-likeness (QED) is 0.446. The molecule has 4 rings (SSSR count). The van der Waals surface area contributed by atoms with E-state index in [1.54, 1.807) is 24.8 Å². The predicted octanol–water partition coefficient (Wildman–Crippen LogP) is 2.54. The fraction of sp³-hybridized carbons (Fsp3) is 0.174. The minimum absolute atomic E-state index is 0.0958. The van der Waals surface area contributed by atoms with E-state index in [9.17, 15) is 4.79 Å². The van der Waals surface area contributed by atoms with E-state index < -0.39 is 0 Å². The largest absolute Gasteiger partial charge is 0.382 e. The van der Waals surface area contributed by atoms with Crippen LogP contribution in [0.4, 0.5) is 5.82 Å². The average Bonchev–Trinajstić information content (AvgIpc) is 3.21. The summed E-state index contributed by atoms with van der Waals surface area (Å²) in [6.45, 7) is 2.49. The Labute approximate surface area is 180 Å². The molecular weight excluding hydrogens is 390 g/mol. The Balaban J connectivity index is 1.63. The topological polar surface area (TPSA) is 126 Å². The molecule has 4 aromatic rings. The molecule has 0 spiro atoms. The second-order valence-electron chi connectivity index (χ2n) is 7.17. The summed E-state index contributed by atoms with van der Waals surface area (Å²) in [4.78, 5) is 30.3. The van der Waals surface area contributed by atoms with Gasteiger partial charge in [-0.2, -0.15) is 0 Å². The average molecular weight is 413 g/mol. The Morgan fingerprint density at radius 3 is 2.58 bits per heavy atom. The molecule has 8 heteroatoms. The number of benzene rings is 1. The molecular formula is C23H23N7O. The third-order valence-corrected chi connectivity index (χ3v) is 5.06. The summed E-state index contributed by atoms with van der Waals surface area (Å²) in [5, 5.41) is 0. The zero-order valence-electron chi connectivity index (χ0n) is 17.2. The fourth-order valence-electron chi connectivity index (χ4n) is 3.43. The Kier molecular flexibility index (Phi) is 5.81. The highest BCUT2D eigenvalue weighted by atomic mass is 16.1. The monoisotopic (exact) mass is 413 g/mol. The smallest absolute Gasteiger partial charge is 0.189 e. The van der Waals surface area contributed by atoms with E-state index in [4.69, 9.17) is 11.5 Å². The second-order valence-corrected chi connectivity index (χ2v) is 7.17. The first-order valence-corrected chi connectivity index (χ1v) is 9.95. The van der Waals surface area contributed by atoms with Crippen LogP contribution in [0.15, 0.2) is 61.3 Å². The lowest BCUT2D eigenvalue weighted by Crippen LogP contribution is -2.13. The molecule has 0 unspecified atom stereocenters. The Hall–Kier alpha value is -3.91. The number of rotatable bonds is 7. The molecule has 0 aliphatic rings. The minimum atomic E-state index is -0.223. The summed E-state index contributed by atoms with van der Waals surface area (Å²) < 4.78 is 1.92. The summed E-state index contributed by atoms with van der Waals surface area (Å²) in [5.74, 6) is 0.704. The summed E-state index contributed by atoms with van der Waals surface area (Å²) in [6.07, 6.45) is 9.41. The Morgan fingerprint density at radius 2 is 1.87 bits per heavy atom. The molecule has 8 nitrogen and oxygen atoms in total. The number of ketones is 1. The SMILES string of the molecule is Cc1nccn1-c1ccncc1CC(=O)c1nc(-c2ccc(CCN)cc2)cnc1N. The molecule has 0 amide bonds. The van der Waals surface area contributed by atoms with Crippen LogP contribution in [0.5, 0.6) is 0 Å². The molecule has 1 aromatic carbocycles. The van der Waals surface area contributed by atoms with E-state index >= 15 is 0 Å². The van der Waals surface area contributed by atoms with Crippen LogP contribution in [0.25, 0.3) is 16.9 Å².